The van der Waals surface area contributed by atoms with E-state index in [1.807, 2.05) is 4.90 Å². The van der Waals surface area contributed by atoms with Crippen molar-refractivity contribution >= 4 is 5.91 Å². The SMILES string of the molecule is CC1COCC(C)N1C(=O)CCCCCCN. The Labute approximate surface area is 104 Å². The van der Waals surface area contributed by atoms with Gasteiger partial charge in [-0.25, -0.2) is 0 Å². The summed E-state index contributed by atoms with van der Waals surface area (Å²) in [5, 5.41) is 0. The van der Waals surface area contributed by atoms with Gasteiger partial charge in [-0.1, -0.05) is 12.8 Å². The number of carbonyl (C=O) groups is 1. The quantitative estimate of drug-likeness (QED) is 0.719. The molecule has 0 aromatic heterocycles. The van der Waals surface area contributed by atoms with Gasteiger partial charge in [0.15, 0.2) is 0 Å². The maximum absolute atomic E-state index is 12.1. The van der Waals surface area contributed by atoms with Crippen LogP contribution in [0.25, 0.3) is 0 Å². The Morgan fingerprint density at radius 2 is 1.76 bits per heavy atom. The zero-order valence-corrected chi connectivity index (χ0v) is 11.2. The predicted octanol–water partition coefficient (Wildman–Crippen LogP) is 1.53. The van der Waals surface area contributed by atoms with Crippen LogP contribution in [0.5, 0.6) is 0 Å². The predicted molar refractivity (Wildman–Crippen MR) is 68.7 cm³/mol. The number of carbonyl (C=O) groups excluding carboxylic acids is 1. The summed E-state index contributed by atoms with van der Waals surface area (Å²) in [5.41, 5.74) is 5.43. The second-order valence-electron chi connectivity index (χ2n) is 4.99. The number of rotatable bonds is 6. The van der Waals surface area contributed by atoms with E-state index in [4.69, 9.17) is 10.5 Å². The van der Waals surface area contributed by atoms with E-state index in [0.717, 1.165) is 32.2 Å². The van der Waals surface area contributed by atoms with Crippen molar-refractivity contribution in [2.24, 2.45) is 5.73 Å². The molecule has 4 nitrogen and oxygen atoms in total. The summed E-state index contributed by atoms with van der Waals surface area (Å²) in [6.45, 7) is 6.21. The van der Waals surface area contributed by atoms with E-state index in [-0.39, 0.29) is 18.0 Å². The molecule has 0 radical (unpaired) electrons. The number of nitrogens with zero attached hydrogens (tertiary/aromatic N) is 1. The smallest absolute Gasteiger partial charge is 0.223 e. The highest BCUT2D eigenvalue weighted by Crippen LogP contribution is 2.16. The number of hydrogen-bond acceptors (Lipinski definition) is 3. The molecule has 2 unspecified atom stereocenters. The monoisotopic (exact) mass is 242 g/mol. The van der Waals surface area contributed by atoms with Gasteiger partial charge in [-0.05, 0) is 33.2 Å². The third-order valence-electron chi connectivity index (χ3n) is 3.30. The second-order valence-corrected chi connectivity index (χ2v) is 4.99. The first-order chi connectivity index (χ1) is 8.16. The van der Waals surface area contributed by atoms with Crippen molar-refractivity contribution in [1.29, 1.82) is 0 Å². The third kappa shape index (κ3) is 4.64. The van der Waals surface area contributed by atoms with E-state index in [9.17, 15) is 4.79 Å². The molecule has 1 saturated heterocycles. The lowest BCUT2D eigenvalue weighted by molar-refractivity contribution is -0.144. The second kappa shape index (κ2) is 7.67. The van der Waals surface area contributed by atoms with Crippen molar-refractivity contribution in [2.75, 3.05) is 19.8 Å². The summed E-state index contributed by atoms with van der Waals surface area (Å²) in [7, 11) is 0. The Morgan fingerprint density at radius 1 is 1.18 bits per heavy atom. The van der Waals surface area contributed by atoms with Crippen LogP contribution in [0, 0.1) is 0 Å². The Hall–Kier alpha value is -0.610. The van der Waals surface area contributed by atoms with Crippen LogP contribution in [0.2, 0.25) is 0 Å². The van der Waals surface area contributed by atoms with Crippen LogP contribution in [-0.4, -0.2) is 42.6 Å². The molecule has 1 heterocycles. The Balaban J connectivity index is 2.25. The maximum Gasteiger partial charge on any atom is 0.223 e. The lowest BCUT2D eigenvalue weighted by Gasteiger charge is -2.38. The van der Waals surface area contributed by atoms with E-state index >= 15 is 0 Å². The van der Waals surface area contributed by atoms with Gasteiger partial charge < -0.3 is 15.4 Å². The van der Waals surface area contributed by atoms with E-state index in [2.05, 4.69) is 13.8 Å². The molecule has 0 spiro atoms. The van der Waals surface area contributed by atoms with Crippen molar-refractivity contribution < 1.29 is 9.53 Å². The summed E-state index contributed by atoms with van der Waals surface area (Å²) < 4.78 is 5.42. The summed E-state index contributed by atoms with van der Waals surface area (Å²) in [6.07, 6.45) is 4.96. The zero-order valence-electron chi connectivity index (χ0n) is 11.2. The van der Waals surface area contributed by atoms with E-state index in [1.165, 1.54) is 0 Å². The van der Waals surface area contributed by atoms with Gasteiger partial charge >= 0.3 is 0 Å². The number of hydrogen-bond donors (Lipinski definition) is 1. The first-order valence-electron chi connectivity index (χ1n) is 6.75. The normalized spacial score (nSPS) is 25.0. The third-order valence-corrected chi connectivity index (χ3v) is 3.30. The number of amides is 1. The maximum atomic E-state index is 12.1. The molecular formula is C13H26N2O2. The zero-order chi connectivity index (χ0) is 12.7. The van der Waals surface area contributed by atoms with Crippen LogP contribution in [0.1, 0.15) is 46.0 Å². The lowest BCUT2D eigenvalue weighted by Crippen LogP contribution is -2.52. The fraction of sp³-hybridized carbons (Fsp3) is 0.923. The van der Waals surface area contributed by atoms with Crippen molar-refractivity contribution in [3.63, 3.8) is 0 Å². The van der Waals surface area contributed by atoms with Crippen molar-refractivity contribution in [3.05, 3.63) is 0 Å². The van der Waals surface area contributed by atoms with Crippen molar-refractivity contribution in [1.82, 2.24) is 4.90 Å². The minimum atomic E-state index is 0.218. The van der Waals surface area contributed by atoms with Crippen molar-refractivity contribution in [3.8, 4) is 0 Å². The van der Waals surface area contributed by atoms with Gasteiger partial charge in [0.1, 0.15) is 0 Å². The van der Waals surface area contributed by atoms with E-state index in [1.54, 1.807) is 0 Å². The number of ether oxygens (including phenoxy) is 1. The fourth-order valence-electron chi connectivity index (χ4n) is 2.40. The molecular weight excluding hydrogens is 216 g/mol. The molecule has 0 bridgehead atoms. The summed E-state index contributed by atoms with van der Waals surface area (Å²) in [4.78, 5) is 14.1. The van der Waals surface area contributed by atoms with Gasteiger partial charge in [-0.15, -0.1) is 0 Å². The van der Waals surface area contributed by atoms with Crippen LogP contribution in [-0.2, 0) is 9.53 Å². The highest BCUT2D eigenvalue weighted by Gasteiger charge is 2.28. The van der Waals surface area contributed by atoms with Gasteiger partial charge in [-0.3, -0.25) is 4.79 Å². The topological polar surface area (TPSA) is 55.6 Å². The van der Waals surface area contributed by atoms with Crippen LogP contribution >= 0.6 is 0 Å². The van der Waals surface area contributed by atoms with E-state index in [0.29, 0.717) is 19.6 Å². The van der Waals surface area contributed by atoms with Gasteiger partial charge in [-0.2, -0.15) is 0 Å². The fourth-order valence-corrected chi connectivity index (χ4v) is 2.40. The van der Waals surface area contributed by atoms with Crippen molar-refractivity contribution in [2.45, 2.75) is 58.0 Å². The Morgan fingerprint density at radius 3 is 2.35 bits per heavy atom. The average molecular weight is 242 g/mol. The molecule has 1 fully saturated rings. The van der Waals surface area contributed by atoms with Crippen LogP contribution in [0.3, 0.4) is 0 Å². The van der Waals surface area contributed by atoms with Crippen LogP contribution in [0.15, 0.2) is 0 Å². The molecule has 0 aromatic rings. The standard InChI is InChI=1S/C13H26N2O2/c1-11-9-17-10-12(2)15(11)13(16)7-5-3-4-6-8-14/h11-12H,3-10,14H2,1-2H3. The van der Waals surface area contributed by atoms with Gasteiger partial charge in [0.25, 0.3) is 0 Å². The van der Waals surface area contributed by atoms with Gasteiger partial charge in [0.2, 0.25) is 5.91 Å². The minimum Gasteiger partial charge on any atom is -0.377 e. The average Bonchev–Trinajstić information content (AvgIpc) is 2.28. The summed E-state index contributed by atoms with van der Waals surface area (Å²) >= 11 is 0. The number of nitrogens with two attached hydrogens (primary N) is 1. The Bertz CT molecular complexity index is 223. The highest BCUT2D eigenvalue weighted by molar-refractivity contribution is 5.76. The summed E-state index contributed by atoms with van der Waals surface area (Å²) in [5.74, 6) is 0.279. The number of unbranched alkanes of at least 4 members (excludes halogenated alkanes) is 3. The largest absolute Gasteiger partial charge is 0.377 e. The van der Waals surface area contributed by atoms with Gasteiger partial charge in [0, 0.05) is 6.42 Å². The molecule has 1 amide bonds. The molecule has 1 rings (SSSR count). The first kappa shape index (κ1) is 14.5. The molecule has 100 valence electrons. The molecule has 17 heavy (non-hydrogen) atoms. The first-order valence-corrected chi connectivity index (χ1v) is 6.75. The molecule has 0 aliphatic carbocycles. The highest BCUT2D eigenvalue weighted by atomic mass is 16.5. The Kier molecular flexibility index (Phi) is 6.52. The molecule has 2 atom stereocenters. The van der Waals surface area contributed by atoms with Crippen LogP contribution < -0.4 is 5.73 Å². The molecule has 1 aliphatic heterocycles. The van der Waals surface area contributed by atoms with Crippen LogP contribution in [0.4, 0.5) is 0 Å². The minimum absolute atomic E-state index is 0.218. The van der Waals surface area contributed by atoms with Gasteiger partial charge in [0.05, 0.1) is 25.3 Å². The lowest BCUT2D eigenvalue weighted by atomic mass is 10.1. The molecule has 2 N–H and O–H groups in total. The molecule has 0 saturated carbocycles. The molecule has 0 aromatic carbocycles. The van der Waals surface area contributed by atoms with E-state index < -0.39 is 0 Å². The number of morpholine rings is 1. The summed E-state index contributed by atoms with van der Waals surface area (Å²) in [6, 6.07) is 0.436. The molecule has 4 heteroatoms. The molecule has 1 aliphatic rings.